The van der Waals surface area contributed by atoms with Gasteiger partial charge < -0.3 is 15.3 Å². The Hall–Kier alpha value is -1.11. The first-order valence-electron chi connectivity index (χ1n) is 6.81. The van der Waals surface area contributed by atoms with E-state index in [0.717, 1.165) is 30.3 Å². The summed E-state index contributed by atoms with van der Waals surface area (Å²) in [6.45, 7) is 2.00. The van der Waals surface area contributed by atoms with Gasteiger partial charge in [0.2, 0.25) is 0 Å². The number of hydrogen-bond donors (Lipinski definition) is 2. The van der Waals surface area contributed by atoms with Crippen molar-refractivity contribution in [1.29, 1.82) is 0 Å². The molecule has 0 saturated carbocycles. The van der Waals surface area contributed by atoms with Crippen molar-refractivity contribution < 1.29 is 5.11 Å². The maximum Gasteiger partial charge on any atom is 0.195 e. The third-order valence-corrected chi connectivity index (χ3v) is 4.55. The quantitative estimate of drug-likeness (QED) is 0.890. The number of rotatable bonds is 4. The van der Waals surface area contributed by atoms with Crippen LogP contribution in [-0.4, -0.2) is 40.7 Å². The Morgan fingerprint density at radius 2 is 2.42 bits per heavy atom. The Labute approximate surface area is 116 Å². The number of thiazole rings is 1. The van der Waals surface area contributed by atoms with Gasteiger partial charge >= 0.3 is 0 Å². The molecule has 104 valence electrons. The molecule has 1 aliphatic rings. The summed E-state index contributed by atoms with van der Waals surface area (Å²) in [7, 11) is 1.95. The van der Waals surface area contributed by atoms with Gasteiger partial charge in [-0.15, -0.1) is 11.3 Å². The summed E-state index contributed by atoms with van der Waals surface area (Å²) < 4.78 is 2.15. The zero-order valence-corrected chi connectivity index (χ0v) is 12.0. The van der Waals surface area contributed by atoms with E-state index in [1.165, 1.54) is 18.5 Å². The predicted octanol–water partition coefficient (Wildman–Crippen LogP) is 1.47. The van der Waals surface area contributed by atoms with E-state index in [1.807, 2.05) is 7.05 Å². The van der Waals surface area contributed by atoms with Crippen molar-refractivity contribution in [1.82, 2.24) is 14.7 Å². The number of aliphatic hydroxyl groups is 1. The van der Waals surface area contributed by atoms with Crippen LogP contribution in [0.2, 0.25) is 0 Å². The first kappa shape index (κ1) is 12.9. The second-order valence-electron chi connectivity index (χ2n) is 4.99. The molecule has 1 unspecified atom stereocenters. The highest BCUT2D eigenvalue weighted by Gasteiger charge is 2.27. The van der Waals surface area contributed by atoms with Crippen molar-refractivity contribution in [2.24, 2.45) is 0 Å². The lowest BCUT2D eigenvalue weighted by atomic mass is 10.0. The van der Waals surface area contributed by atoms with Crippen LogP contribution in [0.5, 0.6) is 0 Å². The summed E-state index contributed by atoms with van der Waals surface area (Å²) in [5, 5.41) is 14.9. The van der Waals surface area contributed by atoms with Crippen molar-refractivity contribution >= 4 is 22.1 Å². The number of hydrogen-bond acceptors (Lipinski definition) is 5. The molecule has 0 spiro atoms. The number of aliphatic hydroxyl groups excluding tert-OH is 1. The van der Waals surface area contributed by atoms with Gasteiger partial charge in [0.15, 0.2) is 10.8 Å². The Morgan fingerprint density at radius 3 is 3.21 bits per heavy atom. The molecule has 6 heteroatoms. The van der Waals surface area contributed by atoms with Crippen LogP contribution < -0.4 is 10.2 Å². The molecule has 2 aromatic rings. The van der Waals surface area contributed by atoms with E-state index < -0.39 is 0 Å². The standard InChI is InChI=1S/C13H20N4OS/c1-14-8-11-12(15-13-17(11)6-7-19-13)16-5-3-2-4-10(16)9-18/h6-7,10,14,18H,2-5,8-9H2,1H3. The molecule has 1 saturated heterocycles. The third-order valence-electron chi connectivity index (χ3n) is 3.79. The lowest BCUT2D eigenvalue weighted by Gasteiger charge is -2.35. The lowest BCUT2D eigenvalue weighted by molar-refractivity contribution is 0.239. The minimum atomic E-state index is 0.212. The van der Waals surface area contributed by atoms with Crippen molar-refractivity contribution in [2.45, 2.75) is 31.8 Å². The van der Waals surface area contributed by atoms with Crippen LogP contribution in [-0.2, 0) is 6.54 Å². The molecular formula is C13H20N4OS. The topological polar surface area (TPSA) is 52.8 Å². The second kappa shape index (κ2) is 5.48. The SMILES string of the molecule is CNCc1c(N2CCCCC2CO)nc2sccn12. The minimum Gasteiger partial charge on any atom is -0.394 e. The molecule has 2 aromatic heterocycles. The van der Waals surface area contributed by atoms with Crippen LogP contribution >= 0.6 is 11.3 Å². The summed E-state index contributed by atoms with van der Waals surface area (Å²) in [5.41, 5.74) is 1.19. The highest BCUT2D eigenvalue weighted by molar-refractivity contribution is 7.15. The molecule has 0 aromatic carbocycles. The minimum absolute atomic E-state index is 0.212. The van der Waals surface area contributed by atoms with E-state index in [-0.39, 0.29) is 12.6 Å². The van der Waals surface area contributed by atoms with Crippen LogP contribution in [0, 0.1) is 0 Å². The number of nitrogens with zero attached hydrogens (tertiary/aromatic N) is 3. The monoisotopic (exact) mass is 280 g/mol. The molecule has 1 aliphatic heterocycles. The van der Waals surface area contributed by atoms with Crippen LogP contribution in [0.15, 0.2) is 11.6 Å². The Bertz CT molecular complexity index is 550. The molecule has 19 heavy (non-hydrogen) atoms. The summed E-state index contributed by atoms with van der Waals surface area (Å²) in [6.07, 6.45) is 5.51. The molecule has 3 heterocycles. The highest BCUT2D eigenvalue weighted by Crippen LogP contribution is 2.29. The summed E-state index contributed by atoms with van der Waals surface area (Å²) in [5.74, 6) is 1.04. The van der Waals surface area contributed by atoms with Gasteiger partial charge in [-0.1, -0.05) is 0 Å². The largest absolute Gasteiger partial charge is 0.394 e. The van der Waals surface area contributed by atoms with E-state index >= 15 is 0 Å². The van der Waals surface area contributed by atoms with Gasteiger partial charge in [0.05, 0.1) is 18.3 Å². The van der Waals surface area contributed by atoms with Gasteiger partial charge in [-0.05, 0) is 26.3 Å². The Kier molecular flexibility index (Phi) is 3.72. The number of fused-ring (bicyclic) bond motifs is 1. The first-order valence-corrected chi connectivity index (χ1v) is 7.69. The smallest absolute Gasteiger partial charge is 0.195 e. The zero-order chi connectivity index (χ0) is 13.2. The lowest BCUT2D eigenvalue weighted by Crippen LogP contribution is -2.42. The summed E-state index contributed by atoms with van der Waals surface area (Å²) in [6, 6.07) is 0.217. The molecule has 0 amide bonds. The molecule has 3 rings (SSSR count). The molecular weight excluding hydrogens is 260 g/mol. The third kappa shape index (κ3) is 2.24. The molecule has 5 nitrogen and oxygen atoms in total. The van der Waals surface area contributed by atoms with Gasteiger partial charge in [-0.2, -0.15) is 0 Å². The second-order valence-corrected chi connectivity index (χ2v) is 5.87. The maximum atomic E-state index is 9.58. The Balaban J connectivity index is 2.02. The number of aromatic nitrogens is 2. The predicted molar refractivity (Wildman–Crippen MR) is 77.9 cm³/mol. The molecule has 2 N–H and O–H groups in total. The maximum absolute atomic E-state index is 9.58. The first-order chi connectivity index (χ1) is 9.35. The molecule has 0 radical (unpaired) electrons. The zero-order valence-electron chi connectivity index (χ0n) is 11.2. The molecule has 1 atom stereocenters. The van der Waals surface area contributed by atoms with E-state index in [1.54, 1.807) is 11.3 Å². The fourth-order valence-corrected chi connectivity index (χ4v) is 3.58. The van der Waals surface area contributed by atoms with Crippen molar-refractivity contribution in [3.05, 3.63) is 17.3 Å². The van der Waals surface area contributed by atoms with Crippen molar-refractivity contribution in [3.8, 4) is 0 Å². The molecule has 1 fully saturated rings. The van der Waals surface area contributed by atoms with Gasteiger partial charge in [0.25, 0.3) is 0 Å². The van der Waals surface area contributed by atoms with Gasteiger partial charge in [0, 0.05) is 24.7 Å². The fourth-order valence-electron chi connectivity index (χ4n) is 2.85. The number of imidazole rings is 1. The van der Waals surface area contributed by atoms with E-state index in [4.69, 9.17) is 4.98 Å². The average molecular weight is 280 g/mol. The van der Waals surface area contributed by atoms with Crippen LogP contribution in [0.1, 0.15) is 25.0 Å². The summed E-state index contributed by atoms with van der Waals surface area (Å²) >= 11 is 1.66. The van der Waals surface area contributed by atoms with Gasteiger partial charge in [0.1, 0.15) is 0 Å². The normalized spacial score (nSPS) is 20.3. The number of anilines is 1. The number of piperidine rings is 1. The molecule has 0 bridgehead atoms. The van der Waals surface area contributed by atoms with E-state index in [9.17, 15) is 5.11 Å². The van der Waals surface area contributed by atoms with Crippen molar-refractivity contribution in [3.63, 3.8) is 0 Å². The molecule has 0 aliphatic carbocycles. The van der Waals surface area contributed by atoms with Gasteiger partial charge in [-0.3, -0.25) is 4.40 Å². The van der Waals surface area contributed by atoms with E-state index in [0.29, 0.717) is 0 Å². The van der Waals surface area contributed by atoms with E-state index in [2.05, 4.69) is 26.2 Å². The van der Waals surface area contributed by atoms with Gasteiger partial charge in [-0.25, -0.2) is 4.98 Å². The fraction of sp³-hybridized carbons (Fsp3) is 0.615. The van der Waals surface area contributed by atoms with Crippen LogP contribution in [0.3, 0.4) is 0 Å². The Morgan fingerprint density at radius 1 is 1.53 bits per heavy atom. The number of nitrogens with one attached hydrogen (secondary N) is 1. The highest BCUT2D eigenvalue weighted by atomic mass is 32.1. The average Bonchev–Trinajstić information content (AvgIpc) is 3.01. The van der Waals surface area contributed by atoms with Crippen molar-refractivity contribution in [2.75, 3.05) is 25.1 Å². The van der Waals surface area contributed by atoms with Crippen LogP contribution in [0.4, 0.5) is 5.82 Å². The summed E-state index contributed by atoms with van der Waals surface area (Å²) in [4.78, 5) is 8.09. The van der Waals surface area contributed by atoms with Crippen LogP contribution in [0.25, 0.3) is 4.96 Å².